The Morgan fingerprint density at radius 1 is 1.39 bits per heavy atom. The third-order valence-electron chi connectivity index (χ3n) is 4.20. The molecular formula is C17H21N3O3. The first kappa shape index (κ1) is 15.5. The number of hydrogen-bond acceptors (Lipinski definition) is 5. The molecule has 1 aliphatic heterocycles. The smallest absolute Gasteiger partial charge is 0.251 e. The molecule has 0 bridgehead atoms. The Hall–Kier alpha value is -2.37. The summed E-state index contributed by atoms with van der Waals surface area (Å²) in [6, 6.07) is 7.56. The lowest BCUT2D eigenvalue weighted by Gasteiger charge is -2.30. The number of amides is 1. The maximum atomic E-state index is 11.9. The standard InChI is InChI=1S/C17H21N3O3/c1-3-15(21)20-10-6-7-12(11-20)16-18-19-17(23-16)13-8-4-5-9-14(13)22-2/h4-5,8-9,12H,3,6-7,10-11H2,1-2H3. The van der Waals surface area contributed by atoms with Gasteiger partial charge in [0.2, 0.25) is 11.8 Å². The molecule has 1 amide bonds. The molecule has 0 saturated carbocycles. The molecule has 2 aromatic rings. The number of para-hydroxylation sites is 1. The minimum Gasteiger partial charge on any atom is -0.496 e. The summed E-state index contributed by atoms with van der Waals surface area (Å²) in [5.41, 5.74) is 0.783. The van der Waals surface area contributed by atoms with Gasteiger partial charge < -0.3 is 14.1 Å². The number of nitrogens with zero attached hydrogens (tertiary/aromatic N) is 3. The molecule has 1 saturated heterocycles. The predicted molar refractivity (Wildman–Crippen MR) is 85.1 cm³/mol. The quantitative estimate of drug-likeness (QED) is 0.868. The van der Waals surface area contributed by atoms with Gasteiger partial charge in [0.25, 0.3) is 5.89 Å². The summed E-state index contributed by atoms with van der Waals surface area (Å²) in [5.74, 6) is 2.04. The van der Waals surface area contributed by atoms with Crippen molar-refractivity contribution in [2.75, 3.05) is 20.2 Å². The van der Waals surface area contributed by atoms with E-state index < -0.39 is 0 Å². The van der Waals surface area contributed by atoms with Crippen LogP contribution in [0.25, 0.3) is 11.5 Å². The third kappa shape index (κ3) is 3.21. The number of methoxy groups -OCH3 is 1. The molecule has 1 aromatic heterocycles. The van der Waals surface area contributed by atoms with E-state index in [0.29, 0.717) is 30.5 Å². The lowest BCUT2D eigenvalue weighted by Crippen LogP contribution is -2.38. The van der Waals surface area contributed by atoms with Crippen LogP contribution in [0.15, 0.2) is 28.7 Å². The van der Waals surface area contributed by atoms with E-state index in [2.05, 4.69) is 10.2 Å². The fraction of sp³-hybridized carbons (Fsp3) is 0.471. The van der Waals surface area contributed by atoms with Gasteiger partial charge in [0.15, 0.2) is 0 Å². The fourth-order valence-electron chi connectivity index (χ4n) is 2.96. The van der Waals surface area contributed by atoms with Crippen LogP contribution in [-0.4, -0.2) is 41.2 Å². The molecule has 0 aliphatic carbocycles. The minimum absolute atomic E-state index is 0.107. The highest BCUT2D eigenvalue weighted by atomic mass is 16.5. The van der Waals surface area contributed by atoms with Crippen LogP contribution in [0.3, 0.4) is 0 Å². The topological polar surface area (TPSA) is 68.5 Å². The van der Waals surface area contributed by atoms with Gasteiger partial charge in [-0.25, -0.2) is 0 Å². The van der Waals surface area contributed by atoms with Crippen LogP contribution in [0.1, 0.15) is 38.0 Å². The predicted octanol–water partition coefficient (Wildman–Crippen LogP) is 2.86. The second-order valence-corrected chi connectivity index (χ2v) is 5.68. The largest absolute Gasteiger partial charge is 0.496 e. The molecule has 122 valence electrons. The number of hydrogen-bond donors (Lipinski definition) is 0. The van der Waals surface area contributed by atoms with Gasteiger partial charge in [-0.15, -0.1) is 10.2 Å². The third-order valence-corrected chi connectivity index (χ3v) is 4.20. The molecule has 1 unspecified atom stereocenters. The van der Waals surface area contributed by atoms with Crippen LogP contribution >= 0.6 is 0 Å². The highest BCUT2D eigenvalue weighted by Gasteiger charge is 2.28. The Bertz CT molecular complexity index is 683. The molecule has 0 radical (unpaired) electrons. The molecule has 6 nitrogen and oxygen atoms in total. The van der Waals surface area contributed by atoms with Crippen molar-refractivity contribution in [3.8, 4) is 17.2 Å². The van der Waals surface area contributed by atoms with E-state index in [-0.39, 0.29) is 11.8 Å². The van der Waals surface area contributed by atoms with Gasteiger partial charge >= 0.3 is 0 Å². The number of carbonyl (C=O) groups excluding carboxylic acids is 1. The van der Waals surface area contributed by atoms with Crippen LogP contribution in [0.2, 0.25) is 0 Å². The first-order valence-corrected chi connectivity index (χ1v) is 7.97. The molecule has 1 atom stereocenters. The summed E-state index contributed by atoms with van der Waals surface area (Å²) in [7, 11) is 1.62. The Labute approximate surface area is 135 Å². The number of benzene rings is 1. The van der Waals surface area contributed by atoms with Crippen molar-refractivity contribution in [3.05, 3.63) is 30.2 Å². The SMILES string of the molecule is CCC(=O)N1CCCC(c2nnc(-c3ccccc3OC)o2)C1. The van der Waals surface area contributed by atoms with E-state index in [9.17, 15) is 4.79 Å². The van der Waals surface area contributed by atoms with Gasteiger partial charge in [-0.05, 0) is 25.0 Å². The number of carbonyl (C=O) groups is 1. The van der Waals surface area contributed by atoms with Crippen LogP contribution < -0.4 is 4.74 Å². The average Bonchev–Trinajstić information content (AvgIpc) is 3.11. The number of piperidine rings is 1. The van der Waals surface area contributed by atoms with E-state index in [1.807, 2.05) is 36.1 Å². The molecule has 3 rings (SSSR count). The zero-order valence-corrected chi connectivity index (χ0v) is 13.5. The molecular weight excluding hydrogens is 294 g/mol. The van der Waals surface area contributed by atoms with Gasteiger partial charge in [-0.1, -0.05) is 19.1 Å². The van der Waals surface area contributed by atoms with Crippen molar-refractivity contribution in [1.82, 2.24) is 15.1 Å². The zero-order valence-electron chi connectivity index (χ0n) is 13.5. The maximum absolute atomic E-state index is 11.9. The van der Waals surface area contributed by atoms with Crippen molar-refractivity contribution in [2.24, 2.45) is 0 Å². The minimum atomic E-state index is 0.107. The van der Waals surface area contributed by atoms with Gasteiger partial charge in [-0.3, -0.25) is 4.79 Å². The van der Waals surface area contributed by atoms with Gasteiger partial charge in [-0.2, -0.15) is 0 Å². The summed E-state index contributed by atoms with van der Waals surface area (Å²) < 4.78 is 11.2. The van der Waals surface area contributed by atoms with Gasteiger partial charge in [0, 0.05) is 19.5 Å². The molecule has 23 heavy (non-hydrogen) atoms. The summed E-state index contributed by atoms with van der Waals surface area (Å²) in [5, 5.41) is 8.36. The van der Waals surface area contributed by atoms with Crippen molar-refractivity contribution in [3.63, 3.8) is 0 Å². The van der Waals surface area contributed by atoms with E-state index in [1.165, 1.54) is 0 Å². The van der Waals surface area contributed by atoms with Crippen LogP contribution in [0, 0.1) is 0 Å². The monoisotopic (exact) mass is 315 g/mol. The maximum Gasteiger partial charge on any atom is 0.251 e. The van der Waals surface area contributed by atoms with Crippen molar-refractivity contribution >= 4 is 5.91 Å². The van der Waals surface area contributed by atoms with Crippen LogP contribution in [0.5, 0.6) is 5.75 Å². The molecule has 0 spiro atoms. The molecule has 6 heteroatoms. The average molecular weight is 315 g/mol. The summed E-state index contributed by atoms with van der Waals surface area (Å²) in [4.78, 5) is 13.8. The second-order valence-electron chi connectivity index (χ2n) is 5.68. The molecule has 2 heterocycles. The molecule has 1 fully saturated rings. The fourth-order valence-corrected chi connectivity index (χ4v) is 2.96. The number of rotatable bonds is 4. The number of ether oxygens (including phenoxy) is 1. The normalized spacial score (nSPS) is 18.0. The summed E-state index contributed by atoms with van der Waals surface area (Å²) in [6.45, 7) is 3.36. The molecule has 1 aliphatic rings. The highest BCUT2D eigenvalue weighted by Crippen LogP contribution is 2.32. The van der Waals surface area contributed by atoms with Crippen molar-refractivity contribution < 1.29 is 13.9 Å². The zero-order chi connectivity index (χ0) is 16.2. The van der Waals surface area contributed by atoms with Crippen molar-refractivity contribution in [2.45, 2.75) is 32.1 Å². The molecule has 0 N–H and O–H groups in total. The van der Waals surface area contributed by atoms with Gasteiger partial charge in [0.05, 0.1) is 18.6 Å². The van der Waals surface area contributed by atoms with E-state index >= 15 is 0 Å². The Morgan fingerprint density at radius 2 is 2.22 bits per heavy atom. The lowest BCUT2D eigenvalue weighted by molar-refractivity contribution is -0.132. The van der Waals surface area contributed by atoms with Crippen LogP contribution in [-0.2, 0) is 4.79 Å². The summed E-state index contributed by atoms with van der Waals surface area (Å²) in [6.07, 6.45) is 2.45. The van der Waals surface area contributed by atoms with Crippen molar-refractivity contribution in [1.29, 1.82) is 0 Å². The first-order chi connectivity index (χ1) is 11.2. The van der Waals surface area contributed by atoms with Gasteiger partial charge in [0.1, 0.15) is 5.75 Å². The Kier molecular flexibility index (Phi) is 4.60. The Balaban J connectivity index is 1.80. The van der Waals surface area contributed by atoms with E-state index in [4.69, 9.17) is 9.15 Å². The number of likely N-dealkylation sites (tertiary alicyclic amines) is 1. The Morgan fingerprint density at radius 3 is 3.00 bits per heavy atom. The summed E-state index contributed by atoms with van der Waals surface area (Å²) >= 11 is 0. The highest BCUT2D eigenvalue weighted by molar-refractivity contribution is 5.76. The second kappa shape index (κ2) is 6.81. The van der Waals surface area contributed by atoms with E-state index in [1.54, 1.807) is 7.11 Å². The van der Waals surface area contributed by atoms with Crippen LogP contribution in [0.4, 0.5) is 0 Å². The van der Waals surface area contributed by atoms with E-state index in [0.717, 1.165) is 24.9 Å². The molecule has 1 aromatic carbocycles. The number of aromatic nitrogens is 2. The first-order valence-electron chi connectivity index (χ1n) is 7.97. The lowest BCUT2D eigenvalue weighted by atomic mass is 9.98.